The fraction of sp³-hybridized carbons (Fsp3) is 0.0690. The molecule has 0 fully saturated rings. The average Bonchev–Trinajstić information content (AvgIpc) is 3.35. The van der Waals surface area contributed by atoms with Crippen molar-refractivity contribution in [1.29, 1.82) is 0 Å². The lowest BCUT2D eigenvalue weighted by Gasteiger charge is -2.10. The molecule has 0 aliphatic rings. The zero-order chi connectivity index (χ0) is 21.7. The Morgan fingerprint density at radius 2 is 1.25 bits per heavy atom. The summed E-state index contributed by atoms with van der Waals surface area (Å²) in [6.45, 7) is 4.11. The molecule has 0 spiro atoms. The highest BCUT2D eigenvalue weighted by atomic mass is 15.3. The number of hydrogen-bond donors (Lipinski definition) is 0. The van der Waals surface area contributed by atoms with Gasteiger partial charge in [0.2, 0.25) is 0 Å². The van der Waals surface area contributed by atoms with Crippen molar-refractivity contribution >= 4 is 21.8 Å². The van der Waals surface area contributed by atoms with E-state index in [4.69, 9.17) is 0 Å². The molecule has 6 aromatic rings. The van der Waals surface area contributed by atoms with Crippen LogP contribution in [0.3, 0.4) is 0 Å². The van der Waals surface area contributed by atoms with Crippen LogP contribution in [0.25, 0.3) is 44.3 Å². The standard InChI is InChI=1S/C29H23N3/c1-20-18-21(2)32(30-20)25-15-12-22(13-16-25)23-14-17-27-26-10-6-7-11-28(26)31(29(27)19-23)24-8-4-3-5-9-24/h3-19H,1-2H3. The first kappa shape index (κ1) is 18.6. The zero-order valence-corrected chi connectivity index (χ0v) is 18.2. The third-order valence-electron chi connectivity index (χ3n) is 6.14. The van der Waals surface area contributed by atoms with Crippen LogP contribution in [0.5, 0.6) is 0 Å². The Morgan fingerprint density at radius 3 is 2.00 bits per heavy atom. The van der Waals surface area contributed by atoms with Crippen LogP contribution in [0.15, 0.2) is 103 Å². The van der Waals surface area contributed by atoms with E-state index in [1.165, 1.54) is 38.6 Å². The maximum absolute atomic E-state index is 4.61. The van der Waals surface area contributed by atoms with Crippen molar-refractivity contribution in [3.63, 3.8) is 0 Å². The van der Waals surface area contributed by atoms with Crippen LogP contribution in [-0.4, -0.2) is 14.3 Å². The molecule has 4 aromatic carbocycles. The van der Waals surface area contributed by atoms with Gasteiger partial charge in [-0.05, 0) is 67.4 Å². The summed E-state index contributed by atoms with van der Waals surface area (Å²) in [5.74, 6) is 0. The van der Waals surface area contributed by atoms with Crippen molar-refractivity contribution in [2.75, 3.05) is 0 Å². The minimum atomic E-state index is 1.03. The van der Waals surface area contributed by atoms with Gasteiger partial charge in [0.05, 0.1) is 22.4 Å². The van der Waals surface area contributed by atoms with Crippen LogP contribution < -0.4 is 0 Å². The molecule has 0 saturated heterocycles. The second kappa shape index (κ2) is 7.24. The first-order chi connectivity index (χ1) is 15.7. The summed E-state index contributed by atoms with van der Waals surface area (Å²) >= 11 is 0. The quantitative estimate of drug-likeness (QED) is 0.299. The van der Waals surface area contributed by atoms with Crippen LogP contribution in [0.4, 0.5) is 0 Å². The summed E-state index contributed by atoms with van der Waals surface area (Å²) in [6, 6.07) is 36.8. The highest BCUT2D eigenvalue weighted by molar-refractivity contribution is 6.10. The van der Waals surface area contributed by atoms with Crippen LogP contribution in [0, 0.1) is 13.8 Å². The van der Waals surface area contributed by atoms with Gasteiger partial charge in [0.1, 0.15) is 0 Å². The number of rotatable bonds is 3. The van der Waals surface area contributed by atoms with Crippen LogP contribution in [0.2, 0.25) is 0 Å². The summed E-state index contributed by atoms with van der Waals surface area (Å²) in [6.07, 6.45) is 0. The van der Waals surface area contributed by atoms with Gasteiger partial charge in [0, 0.05) is 22.2 Å². The van der Waals surface area contributed by atoms with Crippen LogP contribution in [-0.2, 0) is 0 Å². The molecule has 0 bridgehead atoms. The zero-order valence-electron chi connectivity index (χ0n) is 18.2. The second-order valence-electron chi connectivity index (χ2n) is 8.31. The summed E-state index contributed by atoms with van der Waals surface area (Å²) in [5.41, 5.74) is 9.28. The topological polar surface area (TPSA) is 22.8 Å². The Kier molecular flexibility index (Phi) is 4.22. The first-order valence-electron chi connectivity index (χ1n) is 10.9. The third kappa shape index (κ3) is 2.94. The van der Waals surface area contributed by atoms with Gasteiger partial charge in [-0.1, -0.05) is 60.7 Å². The van der Waals surface area contributed by atoms with Gasteiger partial charge in [-0.2, -0.15) is 5.10 Å². The third-order valence-corrected chi connectivity index (χ3v) is 6.14. The summed E-state index contributed by atoms with van der Waals surface area (Å²) in [4.78, 5) is 0. The van der Waals surface area contributed by atoms with Gasteiger partial charge in [-0.3, -0.25) is 0 Å². The van der Waals surface area contributed by atoms with E-state index < -0.39 is 0 Å². The lowest BCUT2D eigenvalue weighted by Crippen LogP contribution is -1.98. The molecule has 2 aromatic heterocycles. The molecule has 0 atom stereocenters. The molecule has 0 saturated carbocycles. The minimum absolute atomic E-state index is 1.03. The molecule has 0 aliphatic heterocycles. The monoisotopic (exact) mass is 413 g/mol. The number of hydrogen-bond acceptors (Lipinski definition) is 1. The SMILES string of the molecule is Cc1cc(C)n(-c2ccc(-c3ccc4c5ccccc5n(-c5ccccc5)c4c3)cc2)n1. The van der Waals surface area contributed by atoms with E-state index >= 15 is 0 Å². The average molecular weight is 414 g/mol. The number of fused-ring (bicyclic) bond motifs is 3. The number of benzene rings is 4. The Balaban J connectivity index is 1.51. The predicted molar refractivity (Wildman–Crippen MR) is 133 cm³/mol. The van der Waals surface area contributed by atoms with E-state index in [2.05, 4.69) is 120 Å². The van der Waals surface area contributed by atoms with Gasteiger partial charge in [-0.25, -0.2) is 4.68 Å². The Morgan fingerprint density at radius 1 is 0.562 bits per heavy atom. The van der Waals surface area contributed by atoms with E-state index in [1.54, 1.807) is 0 Å². The summed E-state index contributed by atoms with van der Waals surface area (Å²) in [5, 5.41) is 7.15. The van der Waals surface area contributed by atoms with E-state index in [9.17, 15) is 0 Å². The number of nitrogens with zero attached hydrogens (tertiary/aromatic N) is 3. The molecule has 0 amide bonds. The van der Waals surface area contributed by atoms with Gasteiger partial charge >= 0.3 is 0 Å². The normalized spacial score (nSPS) is 11.4. The molecular formula is C29H23N3. The van der Waals surface area contributed by atoms with Gasteiger partial charge in [-0.15, -0.1) is 0 Å². The highest BCUT2D eigenvalue weighted by Crippen LogP contribution is 2.34. The molecule has 0 unspecified atom stereocenters. The number of aromatic nitrogens is 3. The highest BCUT2D eigenvalue weighted by Gasteiger charge is 2.13. The smallest absolute Gasteiger partial charge is 0.0649 e. The minimum Gasteiger partial charge on any atom is -0.309 e. The molecule has 2 heterocycles. The van der Waals surface area contributed by atoms with Crippen molar-refractivity contribution in [1.82, 2.24) is 14.3 Å². The number of para-hydroxylation sites is 2. The lowest BCUT2D eigenvalue weighted by atomic mass is 10.0. The molecule has 32 heavy (non-hydrogen) atoms. The van der Waals surface area contributed by atoms with Crippen molar-refractivity contribution in [3.8, 4) is 22.5 Å². The Labute approximate surface area is 187 Å². The predicted octanol–water partition coefficient (Wildman–Crippen LogP) is 7.25. The maximum Gasteiger partial charge on any atom is 0.0649 e. The van der Waals surface area contributed by atoms with Crippen molar-refractivity contribution < 1.29 is 0 Å². The van der Waals surface area contributed by atoms with Crippen molar-refractivity contribution in [3.05, 3.63) is 115 Å². The van der Waals surface area contributed by atoms with Crippen LogP contribution >= 0.6 is 0 Å². The van der Waals surface area contributed by atoms with Gasteiger partial charge in [0.25, 0.3) is 0 Å². The van der Waals surface area contributed by atoms with Crippen LogP contribution in [0.1, 0.15) is 11.4 Å². The molecule has 0 aliphatic carbocycles. The van der Waals surface area contributed by atoms with E-state index in [0.717, 1.165) is 17.1 Å². The molecule has 0 radical (unpaired) electrons. The molecule has 6 rings (SSSR count). The second-order valence-corrected chi connectivity index (χ2v) is 8.31. The lowest BCUT2D eigenvalue weighted by molar-refractivity contribution is 0.834. The summed E-state index contributed by atoms with van der Waals surface area (Å²) < 4.78 is 4.36. The Hall–Kier alpha value is -4.11. The van der Waals surface area contributed by atoms with E-state index in [1.807, 2.05) is 11.6 Å². The summed E-state index contributed by atoms with van der Waals surface area (Å²) in [7, 11) is 0. The fourth-order valence-corrected chi connectivity index (χ4v) is 4.69. The van der Waals surface area contributed by atoms with E-state index in [-0.39, 0.29) is 0 Å². The fourth-order valence-electron chi connectivity index (χ4n) is 4.69. The van der Waals surface area contributed by atoms with E-state index in [0.29, 0.717) is 0 Å². The largest absolute Gasteiger partial charge is 0.309 e. The number of aryl methyl sites for hydroxylation is 2. The van der Waals surface area contributed by atoms with Gasteiger partial charge < -0.3 is 4.57 Å². The molecule has 3 nitrogen and oxygen atoms in total. The van der Waals surface area contributed by atoms with Crippen molar-refractivity contribution in [2.45, 2.75) is 13.8 Å². The first-order valence-corrected chi connectivity index (χ1v) is 10.9. The van der Waals surface area contributed by atoms with Crippen molar-refractivity contribution in [2.24, 2.45) is 0 Å². The maximum atomic E-state index is 4.61. The molecular weight excluding hydrogens is 390 g/mol. The van der Waals surface area contributed by atoms with Gasteiger partial charge in [0.15, 0.2) is 0 Å². The molecule has 154 valence electrons. The Bertz CT molecular complexity index is 1570. The molecule has 3 heteroatoms. The molecule has 0 N–H and O–H groups in total.